The Kier molecular flexibility index (Phi) is 11.7. The molecule has 0 aromatic heterocycles. The van der Waals surface area contributed by atoms with Gasteiger partial charge in [0.1, 0.15) is 0 Å². The number of rotatable bonds is 11. The first-order chi connectivity index (χ1) is 8.57. The molecule has 0 bridgehead atoms. The van der Waals surface area contributed by atoms with Crippen LogP contribution in [0, 0.1) is 5.92 Å². The van der Waals surface area contributed by atoms with Crippen LogP contribution in [0.15, 0.2) is 0 Å². The maximum atomic E-state index is 11.8. The van der Waals surface area contributed by atoms with Crippen LogP contribution in [-0.2, 0) is 9.53 Å². The fraction of sp³-hybridized carbons (Fsp3) is 0.929. The number of ether oxygens (including phenoxy) is 1. The van der Waals surface area contributed by atoms with Crippen molar-refractivity contribution in [3.8, 4) is 0 Å². The van der Waals surface area contributed by atoms with Crippen molar-refractivity contribution in [3.05, 3.63) is 0 Å². The molecule has 0 N–H and O–H groups in total. The van der Waals surface area contributed by atoms with Crippen LogP contribution in [0.1, 0.15) is 52.9 Å². The predicted molar refractivity (Wildman–Crippen MR) is 76.8 cm³/mol. The van der Waals surface area contributed by atoms with Gasteiger partial charge in [-0.15, -0.1) is 11.8 Å². The molecule has 0 radical (unpaired) electrons. The summed E-state index contributed by atoms with van der Waals surface area (Å²) >= 11 is 1.65. The molecule has 0 heterocycles. The summed E-state index contributed by atoms with van der Waals surface area (Å²) in [5, 5.41) is -0.0745. The van der Waals surface area contributed by atoms with Gasteiger partial charge in [0.05, 0.1) is 18.5 Å². The minimum Gasteiger partial charge on any atom is -0.465 e. The summed E-state index contributed by atoms with van der Waals surface area (Å²) < 4.78 is 17.0. The van der Waals surface area contributed by atoms with Gasteiger partial charge in [-0.2, -0.15) is 0 Å². The van der Waals surface area contributed by atoms with Gasteiger partial charge in [-0.25, -0.2) is 0 Å². The Hall–Kier alpha value is -0.250. The second kappa shape index (κ2) is 11.8. The van der Waals surface area contributed by atoms with Crippen LogP contribution in [-0.4, -0.2) is 30.3 Å². The molecule has 2 nitrogen and oxygen atoms in total. The maximum absolute atomic E-state index is 11.8. The minimum absolute atomic E-state index is 0.0745. The molecule has 0 aromatic rings. The zero-order chi connectivity index (χ0) is 13.8. The van der Waals surface area contributed by atoms with Crippen molar-refractivity contribution >= 4 is 17.7 Å². The number of unbranched alkanes of at least 4 members (excludes halogenated alkanes) is 4. The van der Waals surface area contributed by atoms with Crippen LogP contribution in [0.3, 0.4) is 0 Å². The largest absolute Gasteiger partial charge is 0.465 e. The molecule has 0 saturated carbocycles. The summed E-state index contributed by atoms with van der Waals surface area (Å²) in [5.41, 5.74) is 0. The lowest BCUT2D eigenvalue weighted by Gasteiger charge is -2.12. The van der Waals surface area contributed by atoms with E-state index in [1.807, 2.05) is 20.8 Å². The van der Waals surface area contributed by atoms with E-state index < -0.39 is 0 Å². The van der Waals surface area contributed by atoms with Crippen molar-refractivity contribution < 1.29 is 13.9 Å². The first-order valence-corrected chi connectivity index (χ1v) is 7.97. The number of alkyl halides is 1. The molecule has 0 fully saturated rings. The average molecular weight is 278 g/mol. The Morgan fingerprint density at radius 3 is 2.33 bits per heavy atom. The fourth-order valence-corrected chi connectivity index (χ4v) is 2.35. The highest BCUT2D eigenvalue weighted by Gasteiger charge is 2.14. The molecule has 18 heavy (non-hydrogen) atoms. The van der Waals surface area contributed by atoms with Crippen molar-refractivity contribution in [2.45, 2.75) is 58.1 Å². The van der Waals surface area contributed by atoms with Crippen LogP contribution in [0.25, 0.3) is 0 Å². The van der Waals surface area contributed by atoms with Gasteiger partial charge < -0.3 is 4.74 Å². The highest BCUT2D eigenvalue weighted by atomic mass is 32.2. The van der Waals surface area contributed by atoms with Gasteiger partial charge in [0.15, 0.2) is 0 Å². The number of carbonyl (C=O) groups excluding carboxylic acids is 1. The fourth-order valence-electron chi connectivity index (χ4n) is 1.42. The second-order valence-corrected chi connectivity index (χ2v) is 6.44. The van der Waals surface area contributed by atoms with Crippen LogP contribution in [0.2, 0.25) is 0 Å². The van der Waals surface area contributed by atoms with E-state index in [0.29, 0.717) is 18.9 Å². The molecule has 0 amide bonds. The molecule has 0 saturated heterocycles. The van der Waals surface area contributed by atoms with E-state index in [2.05, 4.69) is 0 Å². The molecular weight excluding hydrogens is 251 g/mol. The SMILES string of the molecule is CC(C)COC(=O)C(C)SCCCCCCCF. The monoisotopic (exact) mass is 278 g/mol. The Balaban J connectivity index is 3.40. The molecule has 0 aliphatic rings. The van der Waals surface area contributed by atoms with Crippen LogP contribution in [0.4, 0.5) is 4.39 Å². The van der Waals surface area contributed by atoms with Gasteiger partial charge in [0.25, 0.3) is 0 Å². The van der Waals surface area contributed by atoms with Gasteiger partial charge in [0, 0.05) is 0 Å². The Morgan fingerprint density at radius 2 is 1.72 bits per heavy atom. The number of halogens is 1. The van der Waals surface area contributed by atoms with Crippen molar-refractivity contribution in [1.29, 1.82) is 0 Å². The summed E-state index contributed by atoms with van der Waals surface area (Å²) in [4.78, 5) is 11.6. The first kappa shape index (κ1) is 17.8. The number of carbonyl (C=O) groups is 1. The molecule has 0 rings (SSSR count). The van der Waals surface area contributed by atoms with Crippen molar-refractivity contribution in [3.63, 3.8) is 0 Å². The summed E-state index contributed by atoms with van der Waals surface area (Å²) in [7, 11) is 0. The molecule has 0 spiro atoms. The zero-order valence-corrected chi connectivity index (χ0v) is 12.7. The summed E-state index contributed by atoms with van der Waals surface area (Å²) in [6.45, 7) is 6.27. The molecule has 108 valence electrons. The van der Waals surface area contributed by atoms with Crippen LogP contribution >= 0.6 is 11.8 Å². The molecule has 0 aromatic carbocycles. The number of thioether (sulfide) groups is 1. The van der Waals surface area contributed by atoms with E-state index in [0.717, 1.165) is 31.4 Å². The minimum atomic E-state index is -0.201. The van der Waals surface area contributed by atoms with Crippen molar-refractivity contribution in [2.24, 2.45) is 5.92 Å². The van der Waals surface area contributed by atoms with E-state index in [1.54, 1.807) is 11.8 Å². The lowest BCUT2D eigenvalue weighted by molar-refractivity contribution is -0.143. The highest BCUT2D eigenvalue weighted by molar-refractivity contribution is 8.00. The topological polar surface area (TPSA) is 26.3 Å². The van der Waals surface area contributed by atoms with E-state index in [-0.39, 0.29) is 17.9 Å². The molecular formula is C14H27FO2S. The average Bonchev–Trinajstić information content (AvgIpc) is 2.34. The number of esters is 1. The Bertz CT molecular complexity index is 210. The third-order valence-corrected chi connectivity index (χ3v) is 3.75. The van der Waals surface area contributed by atoms with Gasteiger partial charge in [0.2, 0.25) is 0 Å². The van der Waals surface area contributed by atoms with E-state index in [1.165, 1.54) is 0 Å². The maximum Gasteiger partial charge on any atom is 0.318 e. The van der Waals surface area contributed by atoms with Crippen LogP contribution < -0.4 is 0 Å². The van der Waals surface area contributed by atoms with Crippen molar-refractivity contribution in [2.75, 3.05) is 19.0 Å². The number of hydrogen-bond donors (Lipinski definition) is 0. The quantitative estimate of drug-likeness (QED) is 0.418. The standard InChI is InChI=1S/C14H27FO2S/c1-12(2)11-17-14(16)13(3)18-10-8-6-4-5-7-9-15/h12-13H,4-11H2,1-3H3. The summed E-state index contributed by atoms with van der Waals surface area (Å²) in [6.07, 6.45) is 4.98. The van der Waals surface area contributed by atoms with E-state index in [9.17, 15) is 9.18 Å². The summed E-state index contributed by atoms with van der Waals surface area (Å²) in [5.74, 6) is 1.26. The third kappa shape index (κ3) is 10.9. The van der Waals surface area contributed by atoms with Gasteiger partial charge in [-0.1, -0.05) is 33.1 Å². The normalized spacial score (nSPS) is 12.7. The van der Waals surface area contributed by atoms with Crippen molar-refractivity contribution in [1.82, 2.24) is 0 Å². The molecule has 1 unspecified atom stereocenters. The third-order valence-electron chi connectivity index (χ3n) is 2.54. The smallest absolute Gasteiger partial charge is 0.318 e. The molecule has 4 heteroatoms. The second-order valence-electron chi connectivity index (χ2n) is 4.99. The predicted octanol–water partition coefficient (Wildman–Crippen LogP) is 4.23. The molecule has 0 aliphatic carbocycles. The molecule has 0 aliphatic heterocycles. The molecule has 1 atom stereocenters. The Morgan fingerprint density at radius 1 is 1.11 bits per heavy atom. The summed E-state index contributed by atoms with van der Waals surface area (Å²) in [6, 6.07) is 0. The first-order valence-electron chi connectivity index (χ1n) is 6.92. The Labute approximate surface area is 115 Å². The van der Waals surface area contributed by atoms with Crippen LogP contribution in [0.5, 0.6) is 0 Å². The number of hydrogen-bond acceptors (Lipinski definition) is 3. The van der Waals surface area contributed by atoms with E-state index in [4.69, 9.17) is 4.74 Å². The van der Waals surface area contributed by atoms with E-state index >= 15 is 0 Å². The van der Waals surface area contributed by atoms with Gasteiger partial charge in [-0.05, 0) is 31.4 Å². The lowest BCUT2D eigenvalue weighted by atomic mass is 10.2. The van der Waals surface area contributed by atoms with Gasteiger partial charge >= 0.3 is 5.97 Å². The lowest BCUT2D eigenvalue weighted by Crippen LogP contribution is -2.19. The highest BCUT2D eigenvalue weighted by Crippen LogP contribution is 2.16. The van der Waals surface area contributed by atoms with Gasteiger partial charge in [-0.3, -0.25) is 9.18 Å². The zero-order valence-electron chi connectivity index (χ0n) is 11.9.